The molecule has 0 spiro atoms. The molecule has 0 saturated heterocycles. The SMILES string of the molecule is CC(C)CCOC(C)(C)CCNC(=O)OC1Cc2ccccc2C#Cc2ccccc21. The number of hydrogen-bond donors (Lipinski definition) is 1. The van der Waals surface area contributed by atoms with E-state index in [2.05, 4.69) is 44.9 Å². The molecule has 1 atom stereocenters. The van der Waals surface area contributed by atoms with Crippen LogP contribution in [0.25, 0.3) is 0 Å². The van der Waals surface area contributed by atoms with Crippen molar-refractivity contribution in [2.24, 2.45) is 5.92 Å². The summed E-state index contributed by atoms with van der Waals surface area (Å²) in [6.07, 6.45) is 1.55. The Balaban J connectivity index is 1.61. The normalized spacial score (nSPS) is 15.1. The summed E-state index contributed by atoms with van der Waals surface area (Å²) in [6, 6.07) is 15.9. The summed E-state index contributed by atoms with van der Waals surface area (Å²) in [5, 5.41) is 2.90. The van der Waals surface area contributed by atoms with Gasteiger partial charge in [-0.05, 0) is 50.3 Å². The summed E-state index contributed by atoms with van der Waals surface area (Å²) in [5.74, 6) is 7.10. The molecule has 1 aliphatic carbocycles. The standard InChI is InChI=1S/C27H33NO3/c1-20(2)15-18-30-27(3,4)16-17-28-26(29)31-25-19-23-11-6-5-9-21(23)13-14-22-10-7-8-12-24(22)25/h5-12,20,25H,15-19H2,1-4H3,(H,28,29). The molecule has 0 radical (unpaired) electrons. The van der Waals surface area contributed by atoms with E-state index in [4.69, 9.17) is 9.47 Å². The van der Waals surface area contributed by atoms with Crippen molar-refractivity contribution in [2.45, 2.75) is 58.7 Å². The molecule has 4 heteroatoms. The highest BCUT2D eigenvalue weighted by Gasteiger charge is 2.23. The Bertz CT molecular complexity index is 952. The minimum atomic E-state index is -0.413. The number of alkyl carbamates (subject to hydrolysis) is 1. The molecule has 3 rings (SSSR count). The van der Waals surface area contributed by atoms with Crippen LogP contribution in [0.1, 0.15) is 68.9 Å². The molecule has 2 aromatic rings. The van der Waals surface area contributed by atoms with Gasteiger partial charge in [0.25, 0.3) is 0 Å². The molecule has 2 aromatic carbocycles. The van der Waals surface area contributed by atoms with Crippen LogP contribution in [0, 0.1) is 17.8 Å². The fraction of sp³-hybridized carbons (Fsp3) is 0.444. The highest BCUT2D eigenvalue weighted by molar-refractivity contribution is 5.68. The second-order valence-electron chi connectivity index (χ2n) is 9.06. The summed E-state index contributed by atoms with van der Waals surface area (Å²) in [5.41, 5.74) is 3.61. The van der Waals surface area contributed by atoms with Crippen molar-refractivity contribution < 1.29 is 14.3 Å². The minimum absolute atomic E-state index is 0.288. The van der Waals surface area contributed by atoms with Gasteiger partial charge in [0.05, 0.1) is 5.60 Å². The second-order valence-corrected chi connectivity index (χ2v) is 9.06. The number of amides is 1. The van der Waals surface area contributed by atoms with Gasteiger partial charge in [-0.25, -0.2) is 4.79 Å². The monoisotopic (exact) mass is 419 g/mol. The largest absolute Gasteiger partial charge is 0.441 e. The number of benzene rings is 2. The van der Waals surface area contributed by atoms with E-state index in [1.165, 1.54) is 0 Å². The molecule has 0 bridgehead atoms. The van der Waals surface area contributed by atoms with Crippen LogP contribution < -0.4 is 5.32 Å². The smallest absolute Gasteiger partial charge is 0.407 e. The first-order valence-corrected chi connectivity index (χ1v) is 11.1. The van der Waals surface area contributed by atoms with Gasteiger partial charge >= 0.3 is 6.09 Å². The summed E-state index contributed by atoms with van der Waals surface area (Å²) in [4.78, 5) is 12.6. The zero-order chi connectivity index (χ0) is 22.3. The Morgan fingerprint density at radius 1 is 1.10 bits per heavy atom. The number of carbonyl (C=O) groups is 1. The Kier molecular flexibility index (Phi) is 7.76. The summed E-state index contributed by atoms with van der Waals surface area (Å²) >= 11 is 0. The fourth-order valence-electron chi connectivity index (χ4n) is 3.54. The average Bonchev–Trinajstić information content (AvgIpc) is 2.71. The third-order valence-corrected chi connectivity index (χ3v) is 5.50. The molecule has 164 valence electrons. The molecule has 1 unspecified atom stereocenters. The van der Waals surface area contributed by atoms with Gasteiger partial charge in [0.1, 0.15) is 6.10 Å². The molecule has 0 aliphatic heterocycles. The lowest BCUT2D eigenvalue weighted by atomic mass is 9.92. The topological polar surface area (TPSA) is 47.6 Å². The zero-order valence-electron chi connectivity index (χ0n) is 19.0. The van der Waals surface area contributed by atoms with Gasteiger partial charge in [0.15, 0.2) is 0 Å². The molecule has 1 aliphatic rings. The van der Waals surface area contributed by atoms with E-state index in [1.54, 1.807) is 0 Å². The van der Waals surface area contributed by atoms with E-state index >= 15 is 0 Å². The highest BCUT2D eigenvalue weighted by Crippen LogP contribution is 2.28. The average molecular weight is 420 g/mol. The molecule has 0 fully saturated rings. The van der Waals surface area contributed by atoms with Crippen molar-refractivity contribution in [3.8, 4) is 11.8 Å². The number of hydrogen-bond acceptors (Lipinski definition) is 3. The van der Waals surface area contributed by atoms with Gasteiger partial charge in [-0.2, -0.15) is 0 Å². The summed E-state index contributed by atoms with van der Waals surface area (Å²) in [7, 11) is 0. The van der Waals surface area contributed by atoms with Crippen molar-refractivity contribution in [3.05, 3.63) is 70.8 Å². The van der Waals surface area contributed by atoms with Crippen molar-refractivity contribution >= 4 is 6.09 Å². The van der Waals surface area contributed by atoms with Gasteiger partial charge in [-0.15, -0.1) is 0 Å². The number of ether oxygens (including phenoxy) is 2. The van der Waals surface area contributed by atoms with E-state index in [1.807, 2.05) is 48.5 Å². The van der Waals surface area contributed by atoms with Gasteiger partial charge in [-0.3, -0.25) is 0 Å². The van der Waals surface area contributed by atoms with Crippen molar-refractivity contribution in [1.29, 1.82) is 0 Å². The van der Waals surface area contributed by atoms with Gasteiger partial charge in [0, 0.05) is 36.3 Å². The van der Waals surface area contributed by atoms with E-state index in [0.29, 0.717) is 18.9 Å². The van der Waals surface area contributed by atoms with Crippen LogP contribution in [-0.4, -0.2) is 24.8 Å². The Hall–Kier alpha value is -2.77. The van der Waals surface area contributed by atoms with Crippen LogP contribution in [0.5, 0.6) is 0 Å². The van der Waals surface area contributed by atoms with Crippen LogP contribution in [-0.2, 0) is 15.9 Å². The van der Waals surface area contributed by atoms with E-state index in [9.17, 15) is 4.79 Å². The van der Waals surface area contributed by atoms with Gasteiger partial charge < -0.3 is 14.8 Å². The number of fused-ring (bicyclic) bond motifs is 2. The maximum Gasteiger partial charge on any atom is 0.407 e. The fourth-order valence-corrected chi connectivity index (χ4v) is 3.54. The second kappa shape index (κ2) is 10.5. The summed E-state index contributed by atoms with van der Waals surface area (Å²) < 4.78 is 11.9. The van der Waals surface area contributed by atoms with E-state index in [0.717, 1.165) is 41.7 Å². The third kappa shape index (κ3) is 6.87. The van der Waals surface area contributed by atoms with Crippen molar-refractivity contribution in [1.82, 2.24) is 5.32 Å². The molecule has 1 N–H and O–H groups in total. The lowest BCUT2D eigenvalue weighted by molar-refractivity contribution is -0.0272. The lowest BCUT2D eigenvalue weighted by Crippen LogP contribution is -2.34. The van der Waals surface area contributed by atoms with E-state index < -0.39 is 6.09 Å². The number of nitrogens with one attached hydrogen (secondary N) is 1. The predicted molar refractivity (Wildman–Crippen MR) is 124 cm³/mol. The van der Waals surface area contributed by atoms with Crippen LogP contribution in [0.4, 0.5) is 4.79 Å². The first-order chi connectivity index (χ1) is 14.8. The first-order valence-electron chi connectivity index (χ1n) is 11.1. The third-order valence-electron chi connectivity index (χ3n) is 5.50. The van der Waals surface area contributed by atoms with Crippen LogP contribution in [0.2, 0.25) is 0 Å². The predicted octanol–water partition coefficient (Wildman–Crippen LogP) is 5.64. The summed E-state index contributed by atoms with van der Waals surface area (Å²) in [6.45, 7) is 9.71. The van der Waals surface area contributed by atoms with Gasteiger partial charge in [0.2, 0.25) is 0 Å². The van der Waals surface area contributed by atoms with Crippen LogP contribution >= 0.6 is 0 Å². The van der Waals surface area contributed by atoms with E-state index in [-0.39, 0.29) is 11.7 Å². The molecule has 0 heterocycles. The van der Waals surface area contributed by atoms with Crippen molar-refractivity contribution in [3.63, 3.8) is 0 Å². The quantitative estimate of drug-likeness (QED) is 0.563. The Morgan fingerprint density at radius 3 is 2.55 bits per heavy atom. The molecule has 0 saturated carbocycles. The maximum atomic E-state index is 12.6. The Morgan fingerprint density at radius 2 is 1.77 bits per heavy atom. The number of rotatable bonds is 8. The molecule has 0 aromatic heterocycles. The van der Waals surface area contributed by atoms with Gasteiger partial charge in [-0.1, -0.05) is 62.1 Å². The molecule has 1 amide bonds. The maximum absolute atomic E-state index is 12.6. The molecule has 31 heavy (non-hydrogen) atoms. The first kappa shape index (κ1) is 22.9. The lowest BCUT2D eigenvalue weighted by Gasteiger charge is -2.26. The van der Waals surface area contributed by atoms with Crippen molar-refractivity contribution in [2.75, 3.05) is 13.2 Å². The molecular formula is C27H33NO3. The minimum Gasteiger partial charge on any atom is -0.441 e. The highest BCUT2D eigenvalue weighted by atomic mass is 16.6. The molecule has 4 nitrogen and oxygen atoms in total. The Labute approximate surface area is 186 Å². The van der Waals surface area contributed by atoms with Crippen LogP contribution in [0.3, 0.4) is 0 Å². The molecular weight excluding hydrogens is 386 g/mol. The number of carbonyl (C=O) groups excluding carboxylic acids is 1. The zero-order valence-corrected chi connectivity index (χ0v) is 19.0. The van der Waals surface area contributed by atoms with Crippen LogP contribution in [0.15, 0.2) is 48.5 Å².